The molecule has 3 aromatic rings. The highest BCUT2D eigenvalue weighted by Gasteiger charge is 2.10. The van der Waals surface area contributed by atoms with Gasteiger partial charge in [0.1, 0.15) is 6.54 Å². The van der Waals surface area contributed by atoms with Crippen molar-refractivity contribution in [2.45, 2.75) is 6.54 Å². The molecule has 0 atom stereocenters. The number of hydrogen-bond donors (Lipinski definition) is 3. The number of aromatic amines is 1. The first kappa shape index (κ1) is 14.6. The molecule has 0 aliphatic heterocycles. The SMILES string of the molecule is COC(=O)Nc1cnn(CC(=O)Nc2cccc3cc[nH]c23)n1. The van der Waals surface area contributed by atoms with Crippen molar-refractivity contribution in [1.82, 2.24) is 20.0 Å². The number of aromatic nitrogens is 4. The number of H-pyrrole nitrogens is 1. The molecule has 3 rings (SSSR count). The molecule has 0 saturated heterocycles. The number of carbonyl (C=O) groups is 2. The summed E-state index contributed by atoms with van der Waals surface area (Å²) in [6, 6.07) is 7.53. The first-order chi connectivity index (χ1) is 11.2. The fourth-order valence-corrected chi connectivity index (χ4v) is 2.09. The highest BCUT2D eigenvalue weighted by molar-refractivity contribution is 6.00. The minimum atomic E-state index is -0.653. The number of ether oxygens (including phenoxy) is 1. The molecule has 0 saturated carbocycles. The van der Waals surface area contributed by atoms with Crippen LogP contribution in [0, 0.1) is 0 Å². The molecule has 0 radical (unpaired) electrons. The van der Waals surface area contributed by atoms with Crippen LogP contribution in [0.1, 0.15) is 0 Å². The number of anilines is 2. The summed E-state index contributed by atoms with van der Waals surface area (Å²) in [4.78, 5) is 27.4. The van der Waals surface area contributed by atoms with E-state index >= 15 is 0 Å². The van der Waals surface area contributed by atoms with Gasteiger partial charge in [-0.2, -0.15) is 9.90 Å². The second-order valence-corrected chi connectivity index (χ2v) is 4.67. The Kier molecular flexibility index (Phi) is 3.91. The Morgan fingerprint density at radius 1 is 1.30 bits per heavy atom. The Bertz CT molecular complexity index is 853. The number of carbonyl (C=O) groups excluding carboxylic acids is 2. The normalized spacial score (nSPS) is 10.5. The average molecular weight is 314 g/mol. The third kappa shape index (κ3) is 3.28. The predicted octanol–water partition coefficient (Wildman–Crippen LogP) is 1.58. The summed E-state index contributed by atoms with van der Waals surface area (Å²) in [7, 11) is 1.24. The lowest BCUT2D eigenvalue weighted by atomic mass is 10.2. The van der Waals surface area contributed by atoms with Crippen molar-refractivity contribution < 1.29 is 14.3 Å². The van der Waals surface area contributed by atoms with E-state index in [0.717, 1.165) is 10.9 Å². The van der Waals surface area contributed by atoms with Crippen LogP contribution in [0.2, 0.25) is 0 Å². The van der Waals surface area contributed by atoms with Crippen molar-refractivity contribution in [1.29, 1.82) is 0 Å². The summed E-state index contributed by atoms with van der Waals surface area (Å²) < 4.78 is 4.45. The molecule has 2 amide bonds. The van der Waals surface area contributed by atoms with Crippen LogP contribution < -0.4 is 10.6 Å². The molecule has 0 fully saturated rings. The molecule has 0 aliphatic carbocycles. The minimum absolute atomic E-state index is 0.0834. The van der Waals surface area contributed by atoms with Gasteiger partial charge in [0.05, 0.1) is 24.5 Å². The second-order valence-electron chi connectivity index (χ2n) is 4.67. The molecule has 0 bridgehead atoms. The Labute approximate surface area is 130 Å². The zero-order chi connectivity index (χ0) is 16.2. The van der Waals surface area contributed by atoms with Crippen molar-refractivity contribution in [3.05, 3.63) is 36.7 Å². The highest BCUT2D eigenvalue weighted by atomic mass is 16.5. The van der Waals surface area contributed by atoms with E-state index in [1.54, 1.807) is 12.3 Å². The van der Waals surface area contributed by atoms with Gasteiger partial charge in [0.15, 0.2) is 5.82 Å². The molecule has 9 nitrogen and oxygen atoms in total. The zero-order valence-corrected chi connectivity index (χ0v) is 12.2. The first-order valence-corrected chi connectivity index (χ1v) is 6.77. The first-order valence-electron chi connectivity index (χ1n) is 6.77. The molecular weight excluding hydrogens is 300 g/mol. The number of hydrogen-bond acceptors (Lipinski definition) is 5. The quantitative estimate of drug-likeness (QED) is 0.676. The maximum Gasteiger partial charge on any atom is 0.412 e. The van der Waals surface area contributed by atoms with Gasteiger partial charge < -0.3 is 15.0 Å². The number of rotatable bonds is 4. The highest BCUT2D eigenvalue weighted by Crippen LogP contribution is 2.21. The number of para-hydroxylation sites is 1. The molecule has 23 heavy (non-hydrogen) atoms. The van der Waals surface area contributed by atoms with E-state index in [4.69, 9.17) is 0 Å². The smallest absolute Gasteiger partial charge is 0.412 e. The van der Waals surface area contributed by atoms with Crippen LogP contribution in [0.3, 0.4) is 0 Å². The van der Waals surface area contributed by atoms with Crippen molar-refractivity contribution in [3.63, 3.8) is 0 Å². The van der Waals surface area contributed by atoms with Crippen molar-refractivity contribution in [3.8, 4) is 0 Å². The van der Waals surface area contributed by atoms with Crippen LogP contribution in [0.5, 0.6) is 0 Å². The van der Waals surface area contributed by atoms with Gasteiger partial charge >= 0.3 is 6.09 Å². The average Bonchev–Trinajstić information content (AvgIpc) is 3.17. The summed E-state index contributed by atoms with van der Waals surface area (Å²) in [5, 5.41) is 14.0. The third-order valence-electron chi connectivity index (χ3n) is 3.10. The molecule has 1 aromatic carbocycles. The van der Waals surface area contributed by atoms with E-state index in [0.29, 0.717) is 5.69 Å². The Morgan fingerprint density at radius 2 is 2.17 bits per heavy atom. The molecule has 3 N–H and O–H groups in total. The predicted molar refractivity (Wildman–Crippen MR) is 83.0 cm³/mol. The lowest BCUT2D eigenvalue weighted by Crippen LogP contribution is -2.20. The number of amides is 2. The van der Waals surface area contributed by atoms with E-state index in [2.05, 4.69) is 30.6 Å². The number of nitrogens with one attached hydrogen (secondary N) is 3. The fourth-order valence-electron chi connectivity index (χ4n) is 2.09. The van der Waals surface area contributed by atoms with Gasteiger partial charge in [-0.3, -0.25) is 10.1 Å². The van der Waals surface area contributed by atoms with E-state index in [1.165, 1.54) is 18.1 Å². The summed E-state index contributed by atoms with van der Waals surface area (Å²) >= 11 is 0. The topological polar surface area (TPSA) is 114 Å². The molecule has 2 heterocycles. The van der Waals surface area contributed by atoms with Crippen LogP contribution in [0.25, 0.3) is 10.9 Å². The van der Waals surface area contributed by atoms with Crippen LogP contribution in [-0.4, -0.2) is 39.1 Å². The standard InChI is InChI=1S/C14H14N6O3/c1-23-14(22)18-11-7-16-20(19-11)8-12(21)17-10-4-2-3-9-5-6-15-13(9)10/h2-7,15H,8H2,1H3,(H,17,21)(H,18,19,22). The lowest BCUT2D eigenvalue weighted by molar-refractivity contribution is -0.117. The molecule has 0 aliphatic rings. The van der Waals surface area contributed by atoms with Gasteiger partial charge in [-0.15, -0.1) is 5.10 Å². The molecular formula is C14H14N6O3. The number of methoxy groups -OCH3 is 1. The van der Waals surface area contributed by atoms with E-state index in [9.17, 15) is 9.59 Å². The van der Waals surface area contributed by atoms with Gasteiger partial charge in [-0.25, -0.2) is 4.79 Å². The summed E-state index contributed by atoms with van der Waals surface area (Å²) in [6.07, 6.45) is 2.48. The number of fused-ring (bicyclic) bond motifs is 1. The molecule has 0 spiro atoms. The van der Waals surface area contributed by atoms with E-state index in [-0.39, 0.29) is 18.3 Å². The zero-order valence-electron chi connectivity index (χ0n) is 12.2. The minimum Gasteiger partial charge on any atom is -0.453 e. The van der Waals surface area contributed by atoms with E-state index in [1.807, 2.05) is 18.2 Å². The van der Waals surface area contributed by atoms with Crippen molar-refractivity contribution in [2.24, 2.45) is 0 Å². The van der Waals surface area contributed by atoms with Gasteiger partial charge in [0, 0.05) is 11.6 Å². The number of benzene rings is 1. The Hall–Kier alpha value is -3.36. The summed E-state index contributed by atoms with van der Waals surface area (Å²) in [5.41, 5.74) is 1.53. The maximum absolute atomic E-state index is 12.1. The van der Waals surface area contributed by atoms with Crippen LogP contribution in [-0.2, 0) is 16.1 Å². The van der Waals surface area contributed by atoms with Crippen molar-refractivity contribution >= 4 is 34.4 Å². The maximum atomic E-state index is 12.1. The van der Waals surface area contributed by atoms with Gasteiger partial charge in [-0.1, -0.05) is 12.1 Å². The van der Waals surface area contributed by atoms with Crippen molar-refractivity contribution in [2.75, 3.05) is 17.7 Å². The molecule has 118 valence electrons. The van der Waals surface area contributed by atoms with Gasteiger partial charge in [0.2, 0.25) is 5.91 Å². The Balaban J connectivity index is 1.65. The fraction of sp³-hybridized carbons (Fsp3) is 0.143. The second kappa shape index (κ2) is 6.18. The lowest BCUT2D eigenvalue weighted by Gasteiger charge is -2.06. The van der Waals surface area contributed by atoms with Crippen LogP contribution in [0.4, 0.5) is 16.3 Å². The molecule has 0 unspecified atom stereocenters. The summed E-state index contributed by atoms with van der Waals surface area (Å²) in [6.45, 7) is -0.0834. The Morgan fingerprint density at radius 3 is 3.00 bits per heavy atom. The van der Waals surface area contributed by atoms with Gasteiger partial charge in [-0.05, 0) is 12.1 Å². The largest absolute Gasteiger partial charge is 0.453 e. The number of nitrogens with zero attached hydrogens (tertiary/aromatic N) is 3. The molecule has 9 heteroatoms. The molecule has 2 aromatic heterocycles. The third-order valence-corrected chi connectivity index (χ3v) is 3.10. The van der Waals surface area contributed by atoms with Crippen LogP contribution >= 0.6 is 0 Å². The van der Waals surface area contributed by atoms with Gasteiger partial charge in [0.25, 0.3) is 0 Å². The van der Waals surface area contributed by atoms with Crippen LogP contribution in [0.15, 0.2) is 36.7 Å². The summed E-state index contributed by atoms with van der Waals surface area (Å²) in [5.74, 6) is -0.0802. The van der Waals surface area contributed by atoms with E-state index < -0.39 is 6.09 Å². The monoisotopic (exact) mass is 314 g/mol.